The molecule has 1 rings (SSSR count). The second-order valence-corrected chi connectivity index (χ2v) is 3.12. The van der Waals surface area contributed by atoms with Crippen LogP contribution >= 0.6 is 0 Å². The lowest BCUT2D eigenvalue weighted by molar-refractivity contribution is -0.420. The lowest BCUT2D eigenvalue weighted by Gasteiger charge is -2.24. The first-order valence-electron chi connectivity index (χ1n) is 4.08. The molecule has 0 heterocycles. The van der Waals surface area contributed by atoms with Crippen LogP contribution in [0.3, 0.4) is 0 Å². The van der Waals surface area contributed by atoms with Gasteiger partial charge in [0.05, 0.1) is 17.4 Å². The summed E-state index contributed by atoms with van der Waals surface area (Å²) in [6.07, 6.45) is -2.07. The molecule has 0 saturated heterocycles. The summed E-state index contributed by atoms with van der Waals surface area (Å²) < 4.78 is 37.2. The first-order valence-corrected chi connectivity index (χ1v) is 4.08. The zero-order valence-electron chi connectivity index (χ0n) is 7.44. The van der Waals surface area contributed by atoms with Gasteiger partial charge in [0.25, 0.3) is 5.70 Å². The van der Waals surface area contributed by atoms with Crippen molar-refractivity contribution in [3.05, 3.63) is 34.0 Å². The molecule has 1 aliphatic carbocycles. The Bertz CT molecular complexity index is 322. The molecule has 0 aromatic rings. The van der Waals surface area contributed by atoms with E-state index >= 15 is 0 Å². The number of halogens is 3. The Morgan fingerprint density at radius 2 is 2.13 bits per heavy atom. The number of nitro groups is 1. The van der Waals surface area contributed by atoms with Crippen molar-refractivity contribution in [1.29, 1.82) is 0 Å². The molecule has 1 N–H and O–H groups in total. The van der Waals surface area contributed by atoms with Crippen LogP contribution in [0.5, 0.6) is 0 Å². The molecule has 0 aromatic carbocycles. The minimum absolute atomic E-state index is 0.529. The Morgan fingerprint density at radius 1 is 1.53 bits per heavy atom. The Morgan fingerprint density at radius 3 is 2.53 bits per heavy atom. The van der Waals surface area contributed by atoms with Gasteiger partial charge in [-0.3, -0.25) is 10.1 Å². The van der Waals surface area contributed by atoms with Gasteiger partial charge in [-0.2, -0.15) is 13.2 Å². The van der Waals surface area contributed by atoms with Gasteiger partial charge >= 0.3 is 6.18 Å². The van der Waals surface area contributed by atoms with Crippen molar-refractivity contribution < 1.29 is 23.2 Å². The molecular weight excluding hydrogens is 215 g/mol. The highest BCUT2D eigenvalue weighted by Gasteiger charge is 2.44. The predicted octanol–water partition coefficient (Wildman–Crippen LogP) is 1.50. The fourth-order valence-electron chi connectivity index (χ4n) is 1.34. The number of aliphatic hydroxyl groups excluding tert-OH is 1. The van der Waals surface area contributed by atoms with Crippen molar-refractivity contribution in [3.63, 3.8) is 0 Å². The van der Waals surface area contributed by atoms with E-state index in [0.29, 0.717) is 6.08 Å². The third kappa shape index (κ3) is 2.56. The standard InChI is InChI=1S/C8H8F3NO3/c9-8(10,11)7-3-6(12(14)15)2-1-5(7)4-13/h1-3,5,7,13H,4H2. The summed E-state index contributed by atoms with van der Waals surface area (Å²) in [5, 5.41) is 19.0. The average molecular weight is 223 g/mol. The quantitative estimate of drug-likeness (QED) is 0.570. The molecule has 0 aliphatic heterocycles. The summed E-state index contributed by atoms with van der Waals surface area (Å²) in [5.74, 6) is -3.14. The number of alkyl halides is 3. The van der Waals surface area contributed by atoms with Crippen molar-refractivity contribution in [2.24, 2.45) is 11.8 Å². The predicted molar refractivity (Wildman–Crippen MR) is 44.3 cm³/mol. The summed E-state index contributed by atoms with van der Waals surface area (Å²) in [5.41, 5.74) is -0.595. The van der Waals surface area contributed by atoms with Crippen molar-refractivity contribution in [2.45, 2.75) is 6.18 Å². The van der Waals surface area contributed by atoms with E-state index in [1.165, 1.54) is 0 Å². The summed E-state index contributed by atoms with van der Waals surface area (Å²) >= 11 is 0. The maximum atomic E-state index is 12.4. The van der Waals surface area contributed by atoms with Crippen molar-refractivity contribution in [1.82, 2.24) is 0 Å². The molecule has 15 heavy (non-hydrogen) atoms. The van der Waals surface area contributed by atoms with Crippen LogP contribution in [-0.2, 0) is 0 Å². The summed E-state index contributed by atoms with van der Waals surface area (Å²) in [6.45, 7) is -0.692. The molecule has 0 aromatic heterocycles. The van der Waals surface area contributed by atoms with Gasteiger partial charge in [-0.1, -0.05) is 6.08 Å². The van der Waals surface area contributed by atoms with E-state index < -0.39 is 35.2 Å². The van der Waals surface area contributed by atoms with Gasteiger partial charge in [-0.05, 0) is 0 Å². The first-order chi connectivity index (χ1) is 6.86. The van der Waals surface area contributed by atoms with E-state index in [2.05, 4.69) is 0 Å². The lowest BCUT2D eigenvalue weighted by Crippen LogP contribution is -2.32. The largest absolute Gasteiger partial charge is 0.396 e. The van der Waals surface area contributed by atoms with Crippen LogP contribution in [0, 0.1) is 22.0 Å². The number of hydrogen-bond donors (Lipinski definition) is 1. The van der Waals surface area contributed by atoms with Gasteiger partial charge in [0.2, 0.25) is 0 Å². The maximum Gasteiger partial charge on any atom is 0.396 e. The number of allylic oxidation sites excluding steroid dienone is 2. The molecule has 0 radical (unpaired) electrons. The second kappa shape index (κ2) is 4.01. The van der Waals surface area contributed by atoms with Crippen LogP contribution in [0.15, 0.2) is 23.9 Å². The molecular formula is C8H8F3NO3. The van der Waals surface area contributed by atoms with Crippen LogP contribution in [0.25, 0.3) is 0 Å². The highest BCUT2D eigenvalue weighted by Crippen LogP contribution is 2.37. The smallest absolute Gasteiger partial charge is 0.396 e. The van der Waals surface area contributed by atoms with Gasteiger partial charge in [-0.25, -0.2) is 0 Å². The molecule has 0 fully saturated rings. The van der Waals surface area contributed by atoms with E-state index in [4.69, 9.17) is 5.11 Å². The van der Waals surface area contributed by atoms with Crippen molar-refractivity contribution in [3.8, 4) is 0 Å². The third-order valence-corrected chi connectivity index (χ3v) is 2.13. The summed E-state index contributed by atoms with van der Waals surface area (Å²) in [4.78, 5) is 9.39. The molecule has 0 amide bonds. The van der Waals surface area contributed by atoms with Gasteiger partial charge in [0.1, 0.15) is 0 Å². The molecule has 0 saturated carbocycles. The van der Waals surface area contributed by atoms with Gasteiger partial charge in [0, 0.05) is 18.1 Å². The van der Waals surface area contributed by atoms with E-state index in [1.54, 1.807) is 0 Å². The number of nitrogens with zero attached hydrogens (tertiary/aromatic N) is 1. The van der Waals surface area contributed by atoms with Crippen LogP contribution in [-0.4, -0.2) is 22.8 Å². The Labute approximate surface area is 82.9 Å². The second-order valence-electron chi connectivity index (χ2n) is 3.12. The van der Waals surface area contributed by atoms with Crippen molar-refractivity contribution >= 4 is 0 Å². The molecule has 2 unspecified atom stereocenters. The third-order valence-electron chi connectivity index (χ3n) is 2.13. The molecule has 0 bridgehead atoms. The van der Waals surface area contributed by atoms with Crippen LogP contribution in [0.1, 0.15) is 0 Å². The summed E-state index contributed by atoms with van der Waals surface area (Å²) in [7, 11) is 0. The lowest BCUT2D eigenvalue weighted by atomic mass is 9.87. The summed E-state index contributed by atoms with van der Waals surface area (Å²) in [6, 6.07) is 0. The van der Waals surface area contributed by atoms with E-state index in [9.17, 15) is 23.3 Å². The van der Waals surface area contributed by atoms with Gasteiger partial charge in [-0.15, -0.1) is 0 Å². The SMILES string of the molecule is O=[N+]([O-])C1=CC(C(F)(F)F)C(CO)C=C1. The molecule has 2 atom stereocenters. The van der Waals surface area contributed by atoms with E-state index in [0.717, 1.165) is 12.2 Å². The van der Waals surface area contributed by atoms with Crippen molar-refractivity contribution in [2.75, 3.05) is 6.61 Å². The topological polar surface area (TPSA) is 63.4 Å². The molecule has 84 valence electrons. The van der Waals surface area contributed by atoms with Gasteiger partial charge < -0.3 is 5.11 Å². The molecule has 4 nitrogen and oxygen atoms in total. The van der Waals surface area contributed by atoms with E-state index in [-0.39, 0.29) is 0 Å². The Hall–Kier alpha value is -1.37. The van der Waals surface area contributed by atoms with E-state index in [1.807, 2.05) is 0 Å². The molecule has 0 spiro atoms. The Kier molecular flexibility index (Phi) is 3.13. The fourth-order valence-corrected chi connectivity index (χ4v) is 1.34. The number of hydrogen-bond acceptors (Lipinski definition) is 3. The molecule has 7 heteroatoms. The minimum atomic E-state index is -4.58. The monoisotopic (exact) mass is 223 g/mol. The van der Waals surface area contributed by atoms with Crippen LogP contribution < -0.4 is 0 Å². The Balaban J connectivity index is 2.99. The normalized spacial score (nSPS) is 26.3. The number of aliphatic hydroxyl groups is 1. The molecule has 1 aliphatic rings. The fraction of sp³-hybridized carbons (Fsp3) is 0.500. The number of rotatable bonds is 2. The zero-order valence-corrected chi connectivity index (χ0v) is 7.44. The van der Waals surface area contributed by atoms with Crippen LogP contribution in [0.2, 0.25) is 0 Å². The van der Waals surface area contributed by atoms with Crippen LogP contribution in [0.4, 0.5) is 13.2 Å². The zero-order chi connectivity index (χ0) is 11.6. The highest BCUT2D eigenvalue weighted by atomic mass is 19.4. The van der Waals surface area contributed by atoms with Gasteiger partial charge in [0.15, 0.2) is 0 Å². The highest BCUT2D eigenvalue weighted by molar-refractivity contribution is 5.21. The first kappa shape index (κ1) is 11.7. The maximum absolute atomic E-state index is 12.4. The minimum Gasteiger partial charge on any atom is -0.396 e. The average Bonchev–Trinajstić information content (AvgIpc) is 2.15.